The lowest BCUT2D eigenvalue weighted by Gasteiger charge is -2.36. The smallest absolute Gasteiger partial charge is 0.115 e. The van der Waals surface area contributed by atoms with E-state index in [2.05, 4.69) is 232 Å². The topological polar surface area (TPSA) is 12.5 Å². The standard InChI is InChI=1S/C58H47NO/c1-5-20-56(60-6-2)58(44-36-40(3)35-41(4)37-44)53-30-19-17-28-49(53)51-34-32-47(39-55(51)58)59(45-25-14-9-15-26-45)46-31-33-50-48-27-16-18-29-52(48)57(54(50)38-46,42-21-10-7-11-22-42)43-23-12-8-13-24-43/h5,7-39H,1,6H2,2-4H3/b56-20+. The molecular formula is C58H47NO. The van der Waals surface area contributed by atoms with Crippen LogP contribution < -0.4 is 4.90 Å². The fourth-order valence-electron chi connectivity index (χ4n) is 10.5. The van der Waals surface area contributed by atoms with Crippen LogP contribution in [-0.2, 0) is 15.6 Å². The third-order valence-corrected chi connectivity index (χ3v) is 12.6. The molecule has 0 amide bonds. The summed E-state index contributed by atoms with van der Waals surface area (Å²) in [6.07, 6.45) is 3.93. The first-order valence-electron chi connectivity index (χ1n) is 21.0. The van der Waals surface area contributed by atoms with E-state index in [9.17, 15) is 0 Å². The average molecular weight is 774 g/mol. The Balaban J connectivity index is 1.26. The number of aryl methyl sites for hydroxylation is 2. The molecule has 0 saturated heterocycles. The second-order valence-corrected chi connectivity index (χ2v) is 16.0. The minimum atomic E-state index is -0.722. The van der Waals surface area contributed by atoms with Gasteiger partial charge in [-0.25, -0.2) is 0 Å². The van der Waals surface area contributed by atoms with Crippen molar-refractivity contribution in [2.45, 2.75) is 31.6 Å². The first-order chi connectivity index (χ1) is 29.5. The van der Waals surface area contributed by atoms with E-state index in [0.717, 1.165) is 22.8 Å². The number of ether oxygens (including phenoxy) is 1. The highest BCUT2D eigenvalue weighted by Gasteiger charge is 2.50. The maximum absolute atomic E-state index is 6.75. The van der Waals surface area contributed by atoms with E-state index >= 15 is 0 Å². The highest BCUT2D eigenvalue weighted by atomic mass is 16.5. The molecule has 2 nitrogen and oxygen atoms in total. The first kappa shape index (κ1) is 37.1. The molecule has 10 rings (SSSR count). The van der Waals surface area contributed by atoms with E-state index in [4.69, 9.17) is 4.74 Å². The van der Waals surface area contributed by atoms with Gasteiger partial charge in [-0.05, 0) is 124 Å². The Hall–Kier alpha value is -7.16. The quantitative estimate of drug-likeness (QED) is 0.101. The molecule has 2 aliphatic carbocycles. The molecule has 60 heavy (non-hydrogen) atoms. The largest absolute Gasteiger partial charge is 0.497 e. The highest BCUT2D eigenvalue weighted by molar-refractivity contribution is 5.92. The molecule has 1 atom stereocenters. The molecule has 8 aromatic rings. The zero-order chi connectivity index (χ0) is 40.8. The minimum absolute atomic E-state index is 0.521. The van der Waals surface area contributed by atoms with Crippen molar-refractivity contribution in [2.75, 3.05) is 11.5 Å². The summed E-state index contributed by atoms with van der Waals surface area (Å²) >= 11 is 0. The van der Waals surface area contributed by atoms with Crippen molar-refractivity contribution in [3.05, 3.63) is 269 Å². The maximum Gasteiger partial charge on any atom is 0.115 e. The van der Waals surface area contributed by atoms with E-state index < -0.39 is 10.8 Å². The van der Waals surface area contributed by atoms with Crippen molar-refractivity contribution < 1.29 is 4.74 Å². The number of anilines is 3. The van der Waals surface area contributed by atoms with E-state index in [1.54, 1.807) is 0 Å². The SMILES string of the molecule is C=C/C=C(/OCC)C1(c2cc(C)cc(C)c2)c2ccccc2-c2ccc(N(c3ccccc3)c3ccc4c(c3)C(c3ccccc3)(c3ccccc3)c3ccccc3-4)cc21. The number of nitrogens with zero attached hydrogens (tertiary/aromatic N) is 1. The molecule has 1 unspecified atom stereocenters. The van der Waals surface area contributed by atoms with E-state index in [1.807, 2.05) is 6.08 Å². The first-order valence-corrected chi connectivity index (χ1v) is 21.0. The van der Waals surface area contributed by atoms with Crippen LogP contribution >= 0.6 is 0 Å². The van der Waals surface area contributed by atoms with Crippen LogP contribution in [0.4, 0.5) is 17.1 Å². The normalized spacial score (nSPS) is 15.7. The van der Waals surface area contributed by atoms with Crippen molar-refractivity contribution in [3.63, 3.8) is 0 Å². The lowest BCUT2D eigenvalue weighted by atomic mass is 9.67. The van der Waals surface area contributed by atoms with Gasteiger partial charge in [-0.15, -0.1) is 0 Å². The van der Waals surface area contributed by atoms with Crippen LogP contribution in [0.15, 0.2) is 219 Å². The summed E-state index contributed by atoms with van der Waals surface area (Å²) in [7, 11) is 0. The minimum Gasteiger partial charge on any atom is -0.497 e. The molecular weight excluding hydrogens is 727 g/mol. The van der Waals surface area contributed by atoms with Crippen LogP contribution in [0.5, 0.6) is 0 Å². The number of para-hydroxylation sites is 1. The van der Waals surface area contributed by atoms with Crippen LogP contribution in [0.2, 0.25) is 0 Å². The summed E-state index contributed by atoms with van der Waals surface area (Å²) in [5, 5.41) is 0. The molecule has 2 heteroatoms. The van der Waals surface area contributed by atoms with Gasteiger partial charge in [-0.3, -0.25) is 0 Å². The molecule has 2 aliphatic rings. The molecule has 0 heterocycles. The van der Waals surface area contributed by atoms with Gasteiger partial charge in [-0.1, -0.05) is 182 Å². The maximum atomic E-state index is 6.75. The van der Waals surface area contributed by atoms with Crippen LogP contribution in [-0.4, -0.2) is 6.61 Å². The van der Waals surface area contributed by atoms with Gasteiger partial charge in [0.1, 0.15) is 11.2 Å². The lowest BCUT2D eigenvalue weighted by molar-refractivity contribution is 0.199. The molecule has 0 N–H and O–H groups in total. The molecule has 8 aromatic carbocycles. The summed E-state index contributed by atoms with van der Waals surface area (Å²) in [4.78, 5) is 2.43. The van der Waals surface area contributed by atoms with E-state index in [1.165, 1.54) is 72.3 Å². The fourth-order valence-corrected chi connectivity index (χ4v) is 10.5. The number of rotatable bonds is 10. The molecule has 0 spiro atoms. The summed E-state index contributed by atoms with van der Waals surface area (Å²) in [6, 6.07) is 71.7. The van der Waals surface area contributed by atoms with Crippen LogP contribution in [0.1, 0.15) is 57.0 Å². The second kappa shape index (κ2) is 14.9. The van der Waals surface area contributed by atoms with Crippen LogP contribution in [0, 0.1) is 13.8 Å². The summed E-state index contributed by atoms with van der Waals surface area (Å²) in [5.41, 5.74) is 18.0. The zero-order valence-electron chi connectivity index (χ0n) is 34.4. The van der Waals surface area contributed by atoms with Gasteiger partial charge < -0.3 is 9.64 Å². The third-order valence-electron chi connectivity index (χ3n) is 12.6. The van der Waals surface area contributed by atoms with Gasteiger partial charge >= 0.3 is 0 Å². The van der Waals surface area contributed by atoms with Crippen molar-refractivity contribution >= 4 is 17.1 Å². The zero-order valence-corrected chi connectivity index (χ0v) is 34.4. The van der Waals surface area contributed by atoms with Crippen molar-refractivity contribution in [1.29, 1.82) is 0 Å². The van der Waals surface area contributed by atoms with E-state index in [0.29, 0.717) is 6.61 Å². The van der Waals surface area contributed by atoms with Gasteiger partial charge in [0.2, 0.25) is 0 Å². The Bertz CT molecular complexity index is 2870. The predicted molar refractivity (Wildman–Crippen MR) is 250 cm³/mol. The third kappa shape index (κ3) is 5.55. The van der Waals surface area contributed by atoms with Crippen molar-refractivity contribution in [1.82, 2.24) is 0 Å². The Kier molecular flexibility index (Phi) is 9.22. The predicted octanol–water partition coefficient (Wildman–Crippen LogP) is 14.6. The number of hydrogen-bond donors (Lipinski definition) is 0. The molecule has 0 radical (unpaired) electrons. The summed E-state index contributed by atoms with van der Waals surface area (Å²) < 4.78 is 6.75. The average Bonchev–Trinajstić information content (AvgIpc) is 3.75. The number of allylic oxidation sites excluding steroid dienone is 3. The van der Waals surface area contributed by atoms with Gasteiger partial charge in [0, 0.05) is 17.1 Å². The Morgan fingerprint density at radius 2 is 0.967 bits per heavy atom. The van der Waals surface area contributed by atoms with Crippen molar-refractivity contribution in [3.8, 4) is 22.3 Å². The molecule has 290 valence electrons. The summed E-state index contributed by atoms with van der Waals surface area (Å²) in [5.74, 6) is 0.866. The van der Waals surface area contributed by atoms with Crippen LogP contribution in [0.25, 0.3) is 22.3 Å². The lowest BCUT2D eigenvalue weighted by Crippen LogP contribution is -2.31. The Morgan fingerprint density at radius 1 is 0.483 bits per heavy atom. The Labute approximate surface area is 354 Å². The van der Waals surface area contributed by atoms with Gasteiger partial charge in [0.05, 0.1) is 12.0 Å². The van der Waals surface area contributed by atoms with Gasteiger partial charge in [0.25, 0.3) is 0 Å². The Morgan fingerprint density at radius 3 is 1.55 bits per heavy atom. The number of fused-ring (bicyclic) bond motifs is 6. The van der Waals surface area contributed by atoms with Gasteiger partial charge in [-0.2, -0.15) is 0 Å². The number of hydrogen-bond acceptors (Lipinski definition) is 2. The van der Waals surface area contributed by atoms with Gasteiger partial charge in [0.15, 0.2) is 0 Å². The van der Waals surface area contributed by atoms with E-state index in [-0.39, 0.29) is 0 Å². The van der Waals surface area contributed by atoms with Crippen molar-refractivity contribution in [2.24, 2.45) is 0 Å². The fraction of sp³-hybridized carbons (Fsp3) is 0.103. The summed E-state index contributed by atoms with van der Waals surface area (Å²) in [6.45, 7) is 11.2. The molecule has 0 saturated carbocycles. The second-order valence-electron chi connectivity index (χ2n) is 16.0. The number of benzene rings is 8. The molecule has 0 fully saturated rings. The molecule has 0 aliphatic heterocycles. The molecule has 0 bridgehead atoms. The highest BCUT2D eigenvalue weighted by Crippen LogP contribution is 2.60. The van der Waals surface area contributed by atoms with Crippen LogP contribution in [0.3, 0.4) is 0 Å². The monoisotopic (exact) mass is 773 g/mol. The molecule has 0 aromatic heterocycles.